The van der Waals surface area contributed by atoms with E-state index in [0.717, 1.165) is 5.69 Å². The van der Waals surface area contributed by atoms with E-state index in [0.29, 0.717) is 5.82 Å². The number of H-pyrrole nitrogens is 1. The Morgan fingerprint density at radius 2 is 2.54 bits per heavy atom. The summed E-state index contributed by atoms with van der Waals surface area (Å²) < 4.78 is 0. The van der Waals surface area contributed by atoms with Crippen LogP contribution in [0.3, 0.4) is 0 Å². The van der Waals surface area contributed by atoms with Gasteiger partial charge in [-0.15, -0.1) is 11.8 Å². The third-order valence-electron chi connectivity index (χ3n) is 1.31. The summed E-state index contributed by atoms with van der Waals surface area (Å²) >= 11 is 1.48. The molecule has 0 fully saturated rings. The summed E-state index contributed by atoms with van der Waals surface area (Å²) in [5, 5.41) is 10.9. The highest BCUT2D eigenvalue weighted by Gasteiger charge is 1.99. The van der Waals surface area contributed by atoms with E-state index in [1.807, 2.05) is 13.2 Å². The Hall–Kier alpha value is -1.23. The minimum absolute atomic E-state index is 0.166. The third kappa shape index (κ3) is 3.33. The van der Waals surface area contributed by atoms with Crippen LogP contribution in [0.4, 0.5) is 5.82 Å². The van der Waals surface area contributed by atoms with Crippen molar-refractivity contribution in [3.05, 3.63) is 23.2 Å². The van der Waals surface area contributed by atoms with Gasteiger partial charge in [-0.3, -0.25) is 9.89 Å². The van der Waals surface area contributed by atoms with Crippen molar-refractivity contribution < 1.29 is 4.79 Å². The number of nitrogens with one attached hydrogen (secondary N) is 2. The van der Waals surface area contributed by atoms with Crippen molar-refractivity contribution in [2.45, 2.75) is 6.92 Å². The Kier molecular flexibility index (Phi) is 3.57. The number of hydrogen-bond acceptors (Lipinski definition) is 3. The van der Waals surface area contributed by atoms with Crippen LogP contribution >= 0.6 is 11.8 Å². The first-order valence-electron chi connectivity index (χ1n) is 3.74. The molecular formula is C8H11N3OS. The van der Waals surface area contributed by atoms with Crippen molar-refractivity contribution in [2.75, 3.05) is 11.6 Å². The molecular weight excluding hydrogens is 186 g/mol. The molecule has 1 aromatic heterocycles. The zero-order valence-corrected chi connectivity index (χ0v) is 8.31. The van der Waals surface area contributed by atoms with Crippen molar-refractivity contribution in [3.63, 3.8) is 0 Å². The minimum Gasteiger partial charge on any atom is -0.306 e. The minimum atomic E-state index is -0.166. The number of aromatic amines is 1. The van der Waals surface area contributed by atoms with Gasteiger partial charge in [-0.05, 0) is 18.6 Å². The molecule has 1 amide bonds. The molecule has 0 aliphatic carbocycles. The first-order chi connectivity index (χ1) is 6.22. The van der Waals surface area contributed by atoms with E-state index in [1.54, 1.807) is 11.5 Å². The third-order valence-corrected chi connectivity index (χ3v) is 1.72. The van der Waals surface area contributed by atoms with E-state index in [2.05, 4.69) is 15.5 Å². The normalized spacial score (nSPS) is 10.6. The molecule has 0 radical (unpaired) electrons. The van der Waals surface area contributed by atoms with Crippen LogP contribution < -0.4 is 5.32 Å². The molecule has 0 aliphatic heterocycles. The molecule has 0 spiro atoms. The number of amides is 1. The lowest BCUT2D eigenvalue weighted by Crippen LogP contribution is -2.07. The van der Waals surface area contributed by atoms with Crippen LogP contribution in [0.2, 0.25) is 0 Å². The summed E-state index contributed by atoms with van der Waals surface area (Å²) in [6.45, 7) is 1.88. The Morgan fingerprint density at radius 1 is 1.77 bits per heavy atom. The molecule has 0 aromatic carbocycles. The standard InChI is InChI=1S/C8H11N3OS/c1-6-5-7(11-10-6)9-8(12)3-4-13-2/h3-5H,1-2H3,(H2,9,10,11,12)/b4-3+. The van der Waals surface area contributed by atoms with Gasteiger partial charge in [0.1, 0.15) is 0 Å². The maximum atomic E-state index is 11.1. The van der Waals surface area contributed by atoms with Crippen molar-refractivity contribution >= 4 is 23.5 Å². The topological polar surface area (TPSA) is 57.8 Å². The number of thioether (sulfide) groups is 1. The molecule has 2 N–H and O–H groups in total. The molecule has 1 rings (SSSR count). The van der Waals surface area contributed by atoms with Gasteiger partial charge < -0.3 is 5.32 Å². The monoisotopic (exact) mass is 197 g/mol. The number of carbonyl (C=O) groups excluding carboxylic acids is 1. The van der Waals surface area contributed by atoms with Crippen LogP contribution in [0.25, 0.3) is 0 Å². The zero-order chi connectivity index (χ0) is 9.68. The number of nitrogens with zero attached hydrogens (tertiary/aromatic N) is 1. The van der Waals surface area contributed by atoms with Gasteiger partial charge in [0.2, 0.25) is 5.91 Å². The Bertz CT molecular complexity index is 319. The van der Waals surface area contributed by atoms with Crippen LogP contribution in [0.5, 0.6) is 0 Å². The lowest BCUT2D eigenvalue weighted by atomic mass is 10.4. The van der Waals surface area contributed by atoms with Gasteiger partial charge in [0.25, 0.3) is 0 Å². The first kappa shape index (κ1) is 9.85. The van der Waals surface area contributed by atoms with Crippen molar-refractivity contribution in [1.29, 1.82) is 0 Å². The number of anilines is 1. The maximum absolute atomic E-state index is 11.1. The van der Waals surface area contributed by atoms with Crippen molar-refractivity contribution in [3.8, 4) is 0 Å². The van der Waals surface area contributed by atoms with E-state index in [1.165, 1.54) is 17.8 Å². The average molecular weight is 197 g/mol. The summed E-state index contributed by atoms with van der Waals surface area (Å²) in [7, 11) is 0. The van der Waals surface area contributed by atoms with Gasteiger partial charge in [0.05, 0.1) is 0 Å². The quantitative estimate of drug-likeness (QED) is 0.722. The van der Waals surface area contributed by atoms with Crippen molar-refractivity contribution in [2.24, 2.45) is 0 Å². The number of hydrogen-bond donors (Lipinski definition) is 2. The number of aromatic nitrogens is 2. The van der Waals surface area contributed by atoms with E-state index in [4.69, 9.17) is 0 Å². The SMILES string of the molecule is CS/C=C/C(=O)Nc1cc(C)[nH]n1. The second-order valence-electron chi connectivity index (χ2n) is 2.46. The van der Waals surface area contributed by atoms with E-state index >= 15 is 0 Å². The first-order valence-corrected chi connectivity index (χ1v) is 5.03. The van der Waals surface area contributed by atoms with Gasteiger partial charge in [-0.25, -0.2) is 0 Å². The average Bonchev–Trinajstić information content (AvgIpc) is 2.48. The largest absolute Gasteiger partial charge is 0.306 e. The zero-order valence-electron chi connectivity index (χ0n) is 7.50. The highest BCUT2D eigenvalue weighted by Crippen LogP contribution is 2.03. The van der Waals surface area contributed by atoms with E-state index < -0.39 is 0 Å². The number of aryl methyl sites for hydroxylation is 1. The highest BCUT2D eigenvalue weighted by molar-refractivity contribution is 8.01. The summed E-state index contributed by atoms with van der Waals surface area (Å²) in [6, 6.07) is 1.77. The fourth-order valence-corrected chi connectivity index (χ4v) is 1.04. The second kappa shape index (κ2) is 4.71. The summed E-state index contributed by atoms with van der Waals surface area (Å²) in [4.78, 5) is 11.1. The Balaban J connectivity index is 2.50. The van der Waals surface area contributed by atoms with Gasteiger partial charge in [0, 0.05) is 17.8 Å². The molecule has 1 aromatic rings. The maximum Gasteiger partial charge on any atom is 0.250 e. The second-order valence-corrected chi connectivity index (χ2v) is 3.21. The van der Waals surface area contributed by atoms with Crippen LogP contribution in [0.15, 0.2) is 17.6 Å². The fourth-order valence-electron chi connectivity index (χ4n) is 0.780. The van der Waals surface area contributed by atoms with Gasteiger partial charge in [0.15, 0.2) is 5.82 Å². The fraction of sp³-hybridized carbons (Fsp3) is 0.250. The van der Waals surface area contributed by atoms with Gasteiger partial charge >= 0.3 is 0 Å². The van der Waals surface area contributed by atoms with Crippen LogP contribution in [0.1, 0.15) is 5.69 Å². The highest BCUT2D eigenvalue weighted by atomic mass is 32.2. The Labute approximate surface area is 80.8 Å². The van der Waals surface area contributed by atoms with E-state index in [-0.39, 0.29) is 5.91 Å². The molecule has 0 saturated heterocycles. The molecule has 70 valence electrons. The smallest absolute Gasteiger partial charge is 0.250 e. The molecule has 5 heteroatoms. The molecule has 1 heterocycles. The molecule has 13 heavy (non-hydrogen) atoms. The molecule has 0 saturated carbocycles. The predicted molar refractivity (Wildman–Crippen MR) is 54.6 cm³/mol. The molecule has 4 nitrogen and oxygen atoms in total. The summed E-state index contributed by atoms with van der Waals surface area (Å²) in [5.41, 5.74) is 0.921. The lowest BCUT2D eigenvalue weighted by molar-refractivity contribution is -0.111. The summed E-state index contributed by atoms with van der Waals surface area (Å²) in [6.07, 6.45) is 3.36. The number of carbonyl (C=O) groups is 1. The Morgan fingerprint density at radius 3 is 3.08 bits per heavy atom. The van der Waals surface area contributed by atoms with Crippen LogP contribution in [-0.2, 0) is 4.79 Å². The van der Waals surface area contributed by atoms with E-state index in [9.17, 15) is 4.79 Å². The molecule has 0 unspecified atom stereocenters. The number of rotatable bonds is 3. The van der Waals surface area contributed by atoms with Crippen molar-refractivity contribution in [1.82, 2.24) is 10.2 Å². The molecule has 0 atom stereocenters. The van der Waals surface area contributed by atoms with Gasteiger partial charge in [-0.2, -0.15) is 5.10 Å². The lowest BCUT2D eigenvalue weighted by Gasteiger charge is -1.93. The molecule has 0 bridgehead atoms. The van der Waals surface area contributed by atoms with Crippen LogP contribution in [0, 0.1) is 6.92 Å². The summed E-state index contributed by atoms with van der Waals surface area (Å²) in [5.74, 6) is 0.383. The van der Waals surface area contributed by atoms with Gasteiger partial charge in [-0.1, -0.05) is 0 Å². The van der Waals surface area contributed by atoms with Crippen LogP contribution in [-0.4, -0.2) is 22.4 Å². The predicted octanol–water partition coefficient (Wildman–Crippen LogP) is 1.53. The molecule has 0 aliphatic rings.